The highest BCUT2D eigenvalue weighted by atomic mass is 79.9. The van der Waals surface area contributed by atoms with Gasteiger partial charge in [-0.2, -0.15) is 0 Å². The average Bonchev–Trinajstić information content (AvgIpc) is 2.29. The molecule has 0 radical (unpaired) electrons. The van der Waals surface area contributed by atoms with Crippen LogP contribution in [0.1, 0.15) is 17.3 Å². The first-order chi connectivity index (χ1) is 7.72. The largest absolute Gasteiger partial charge is 0.462 e. The van der Waals surface area contributed by atoms with E-state index in [1.807, 2.05) is 12.1 Å². The van der Waals surface area contributed by atoms with Gasteiger partial charge >= 0.3 is 5.97 Å². The van der Waals surface area contributed by atoms with Gasteiger partial charge in [-0.1, -0.05) is 6.07 Å². The van der Waals surface area contributed by atoms with Crippen molar-refractivity contribution < 1.29 is 9.53 Å². The number of halogens is 1. The lowest BCUT2D eigenvalue weighted by molar-refractivity contribution is 0.0526. The molecule has 0 amide bonds. The molecular weight excluding hydrogens is 270 g/mol. The molecule has 1 aromatic heterocycles. The van der Waals surface area contributed by atoms with Crippen molar-refractivity contribution >= 4 is 32.8 Å². The van der Waals surface area contributed by atoms with Crippen molar-refractivity contribution in [2.45, 2.75) is 6.92 Å². The zero-order chi connectivity index (χ0) is 11.5. The van der Waals surface area contributed by atoms with Gasteiger partial charge in [0.25, 0.3) is 0 Å². The van der Waals surface area contributed by atoms with Crippen molar-refractivity contribution in [3.63, 3.8) is 0 Å². The van der Waals surface area contributed by atoms with Crippen LogP contribution in [0.15, 0.2) is 34.9 Å². The number of hydrogen-bond donors (Lipinski definition) is 0. The molecule has 2 aromatic rings. The van der Waals surface area contributed by atoms with Crippen LogP contribution in [0.25, 0.3) is 10.9 Å². The Morgan fingerprint density at radius 2 is 2.31 bits per heavy atom. The number of carbonyl (C=O) groups is 1. The molecule has 0 aliphatic carbocycles. The molecule has 82 valence electrons. The second-order valence-corrected chi connectivity index (χ2v) is 4.11. The van der Waals surface area contributed by atoms with E-state index in [0.29, 0.717) is 12.2 Å². The molecule has 0 aliphatic rings. The molecule has 0 spiro atoms. The standard InChI is InChI=1S/C12H10BrNO2/c1-2-16-12(15)9-6-8-4-3-5-14-11(8)10(13)7-9/h3-7H,2H2,1H3. The van der Waals surface area contributed by atoms with Crippen LogP contribution in [0.4, 0.5) is 0 Å². The minimum Gasteiger partial charge on any atom is -0.462 e. The monoisotopic (exact) mass is 279 g/mol. The molecule has 0 bridgehead atoms. The number of rotatable bonds is 2. The van der Waals surface area contributed by atoms with Crippen LogP contribution in [0, 0.1) is 0 Å². The number of hydrogen-bond acceptors (Lipinski definition) is 3. The van der Waals surface area contributed by atoms with Gasteiger partial charge in [-0.25, -0.2) is 4.79 Å². The van der Waals surface area contributed by atoms with Crippen LogP contribution in [-0.2, 0) is 4.74 Å². The topological polar surface area (TPSA) is 39.2 Å². The van der Waals surface area contributed by atoms with Gasteiger partial charge in [-0.15, -0.1) is 0 Å². The molecule has 16 heavy (non-hydrogen) atoms. The van der Waals surface area contributed by atoms with Gasteiger partial charge in [0.15, 0.2) is 0 Å². The Kier molecular flexibility index (Phi) is 3.19. The number of nitrogens with zero attached hydrogens (tertiary/aromatic N) is 1. The minimum atomic E-state index is -0.311. The molecule has 1 heterocycles. The molecule has 2 rings (SSSR count). The van der Waals surface area contributed by atoms with Gasteiger partial charge in [0.2, 0.25) is 0 Å². The fraction of sp³-hybridized carbons (Fsp3) is 0.167. The molecule has 0 fully saturated rings. The zero-order valence-corrected chi connectivity index (χ0v) is 10.3. The molecule has 0 saturated carbocycles. The van der Waals surface area contributed by atoms with Crippen molar-refractivity contribution in [1.82, 2.24) is 4.98 Å². The molecule has 0 aliphatic heterocycles. The fourth-order valence-electron chi connectivity index (χ4n) is 1.48. The van der Waals surface area contributed by atoms with Crippen LogP contribution in [0.2, 0.25) is 0 Å². The highest BCUT2D eigenvalue weighted by Gasteiger charge is 2.10. The summed E-state index contributed by atoms with van der Waals surface area (Å²) in [7, 11) is 0. The third-order valence-electron chi connectivity index (χ3n) is 2.17. The van der Waals surface area contributed by atoms with Gasteiger partial charge in [0.1, 0.15) is 0 Å². The van der Waals surface area contributed by atoms with Crippen LogP contribution >= 0.6 is 15.9 Å². The van der Waals surface area contributed by atoms with Crippen LogP contribution in [0.3, 0.4) is 0 Å². The van der Waals surface area contributed by atoms with E-state index in [1.54, 1.807) is 25.3 Å². The smallest absolute Gasteiger partial charge is 0.338 e. The number of carbonyl (C=O) groups excluding carboxylic acids is 1. The van der Waals surface area contributed by atoms with Crippen LogP contribution in [-0.4, -0.2) is 17.6 Å². The van der Waals surface area contributed by atoms with Crippen molar-refractivity contribution in [3.8, 4) is 0 Å². The van der Waals surface area contributed by atoms with Gasteiger partial charge < -0.3 is 4.74 Å². The SMILES string of the molecule is CCOC(=O)c1cc(Br)c2ncccc2c1. The number of pyridine rings is 1. The first-order valence-electron chi connectivity index (χ1n) is 4.93. The van der Waals surface area contributed by atoms with Gasteiger partial charge in [-0.3, -0.25) is 4.98 Å². The van der Waals surface area contributed by atoms with Crippen molar-refractivity contribution in [2.75, 3.05) is 6.61 Å². The molecule has 4 heteroatoms. The zero-order valence-electron chi connectivity index (χ0n) is 8.74. The van der Waals surface area contributed by atoms with Crippen LogP contribution in [0.5, 0.6) is 0 Å². The van der Waals surface area contributed by atoms with E-state index in [-0.39, 0.29) is 5.97 Å². The highest BCUT2D eigenvalue weighted by Crippen LogP contribution is 2.24. The maximum Gasteiger partial charge on any atom is 0.338 e. The fourth-order valence-corrected chi connectivity index (χ4v) is 2.06. The predicted octanol–water partition coefficient (Wildman–Crippen LogP) is 3.17. The second kappa shape index (κ2) is 4.61. The second-order valence-electron chi connectivity index (χ2n) is 3.25. The van der Waals surface area contributed by atoms with Crippen molar-refractivity contribution in [3.05, 3.63) is 40.5 Å². The Hall–Kier alpha value is -1.42. The number of ether oxygens (including phenoxy) is 1. The summed E-state index contributed by atoms with van der Waals surface area (Å²) in [6, 6.07) is 7.26. The maximum atomic E-state index is 11.6. The molecule has 3 nitrogen and oxygen atoms in total. The summed E-state index contributed by atoms with van der Waals surface area (Å²) in [6.07, 6.45) is 1.72. The normalized spacial score (nSPS) is 10.4. The highest BCUT2D eigenvalue weighted by molar-refractivity contribution is 9.10. The van der Waals surface area contributed by atoms with E-state index < -0.39 is 0 Å². The average molecular weight is 280 g/mol. The van der Waals surface area contributed by atoms with E-state index in [2.05, 4.69) is 20.9 Å². The summed E-state index contributed by atoms with van der Waals surface area (Å²) in [4.78, 5) is 15.8. The first kappa shape index (κ1) is 11.1. The molecule has 0 N–H and O–H groups in total. The van der Waals surface area contributed by atoms with Gasteiger partial charge in [0, 0.05) is 16.1 Å². The Bertz CT molecular complexity index is 540. The van der Waals surface area contributed by atoms with Crippen LogP contribution < -0.4 is 0 Å². The predicted molar refractivity (Wildman–Crippen MR) is 65.4 cm³/mol. The summed E-state index contributed by atoms with van der Waals surface area (Å²) in [6.45, 7) is 2.16. The third-order valence-corrected chi connectivity index (χ3v) is 2.77. The minimum absolute atomic E-state index is 0.311. The Balaban J connectivity index is 2.53. The summed E-state index contributed by atoms with van der Waals surface area (Å²) < 4.78 is 5.75. The van der Waals surface area contributed by atoms with E-state index in [9.17, 15) is 4.79 Å². The van der Waals surface area contributed by atoms with E-state index in [1.165, 1.54) is 0 Å². The van der Waals surface area contributed by atoms with E-state index >= 15 is 0 Å². The third kappa shape index (κ3) is 2.07. The lowest BCUT2D eigenvalue weighted by atomic mass is 10.1. The molecule has 0 unspecified atom stereocenters. The van der Waals surface area contributed by atoms with E-state index in [0.717, 1.165) is 15.4 Å². The quantitative estimate of drug-likeness (QED) is 0.793. The lowest BCUT2D eigenvalue weighted by Crippen LogP contribution is -2.04. The van der Waals surface area contributed by atoms with E-state index in [4.69, 9.17) is 4.74 Å². The van der Waals surface area contributed by atoms with Crippen molar-refractivity contribution in [1.29, 1.82) is 0 Å². The summed E-state index contributed by atoms with van der Waals surface area (Å²) in [5.74, 6) is -0.311. The number of aromatic nitrogens is 1. The summed E-state index contributed by atoms with van der Waals surface area (Å²) in [5.41, 5.74) is 1.38. The number of fused-ring (bicyclic) bond motifs is 1. The van der Waals surface area contributed by atoms with Crippen molar-refractivity contribution in [2.24, 2.45) is 0 Å². The number of benzene rings is 1. The molecular formula is C12H10BrNO2. The maximum absolute atomic E-state index is 11.6. The Morgan fingerprint density at radius 3 is 3.06 bits per heavy atom. The summed E-state index contributed by atoms with van der Waals surface area (Å²) in [5, 5.41) is 0.917. The Morgan fingerprint density at radius 1 is 1.50 bits per heavy atom. The van der Waals surface area contributed by atoms with Gasteiger partial charge in [-0.05, 0) is 41.1 Å². The summed E-state index contributed by atoms with van der Waals surface area (Å²) >= 11 is 3.40. The molecule has 1 aromatic carbocycles. The number of esters is 1. The molecule has 0 saturated heterocycles. The van der Waals surface area contributed by atoms with Gasteiger partial charge in [0.05, 0.1) is 17.7 Å². The molecule has 0 atom stereocenters. The Labute approximate surface area is 102 Å². The first-order valence-corrected chi connectivity index (χ1v) is 5.73. The lowest BCUT2D eigenvalue weighted by Gasteiger charge is -2.05.